The van der Waals surface area contributed by atoms with E-state index >= 15 is 0 Å². The van der Waals surface area contributed by atoms with E-state index in [-0.39, 0.29) is 5.82 Å². The molecule has 100 valence electrons. The Bertz CT molecular complexity index is 422. The molecule has 2 rings (SSSR count). The van der Waals surface area contributed by atoms with Gasteiger partial charge >= 0.3 is 0 Å². The van der Waals surface area contributed by atoms with Crippen LogP contribution in [-0.4, -0.2) is 25.2 Å². The monoisotopic (exact) mass is 314 g/mol. The molecule has 0 aliphatic carbocycles. The van der Waals surface area contributed by atoms with E-state index in [0.29, 0.717) is 18.0 Å². The fourth-order valence-corrected chi connectivity index (χ4v) is 2.98. The molecule has 1 fully saturated rings. The zero-order valence-corrected chi connectivity index (χ0v) is 12.7. The highest BCUT2D eigenvalue weighted by Crippen LogP contribution is 2.31. The van der Waals surface area contributed by atoms with Crippen LogP contribution in [0.1, 0.15) is 20.8 Å². The van der Waals surface area contributed by atoms with Gasteiger partial charge in [0.15, 0.2) is 0 Å². The molecule has 0 spiro atoms. The number of benzene rings is 1. The third-order valence-electron chi connectivity index (χ3n) is 3.53. The second-order valence-electron chi connectivity index (χ2n) is 5.37. The zero-order chi connectivity index (χ0) is 13.3. The van der Waals surface area contributed by atoms with E-state index in [4.69, 9.17) is 0 Å². The molecule has 0 radical (unpaired) electrons. The summed E-state index contributed by atoms with van der Waals surface area (Å²) in [6.45, 7) is 8.44. The van der Waals surface area contributed by atoms with Crippen molar-refractivity contribution in [3.05, 3.63) is 28.5 Å². The molecular formula is C14H20BrFN2. The van der Waals surface area contributed by atoms with Gasteiger partial charge in [0.05, 0.1) is 5.69 Å². The van der Waals surface area contributed by atoms with Gasteiger partial charge in [0.1, 0.15) is 5.82 Å². The lowest BCUT2D eigenvalue weighted by molar-refractivity contribution is 0.348. The number of rotatable bonds is 2. The Hall–Kier alpha value is -0.610. The summed E-state index contributed by atoms with van der Waals surface area (Å²) < 4.78 is 14.4. The van der Waals surface area contributed by atoms with E-state index < -0.39 is 0 Å². The normalized spacial score (nSPS) is 24.7. The lowest BCUT2D eigenvalue weighted by Crippen LogP contribution is -2.57. The average Bonchev–Trinajstić information content (AvgIpc) is 2.31. The number of hydrogen-bond acceptors (Lipinski definition) is 2. The summed E-state index contributed by atoms with van der Waals surface area (Å²) >= 11 is 3.53. The van der Waals surface area contributed by atoms with Crippen LogP contribution in [0.4, 0.5) is 10.1 Å². The Balaban J connectivity index is 2.34. The first-order valence-corrected chi connectivity index (χ1v) is 7.23. The van der Waals surface area contributed by atoms with E-state index in [1.54, 1.807) is 12.1 Å². The van der Waals surface area contributed by atoms with Crippen molar-refractivity contribution in [2.24, 2.45) is 5.92 Å². The van der Waals surface area contributed by atoms with Crippen LogP contribution in [0.25, 0.3) is 0 Å². The first-order chi connectivity index (χ1) is 8.49. The molecule has 0 saturated carbocycles. The fraction of sp³-hybridized carbons (Fsp3) is 0.571. The molecule has 1 N–H and O–H groups in total. The summed E-state index contributed by atoms with van der Waals surface area (Å²) in [4.78, 5) is 2.32. The van der Waals surface area contributed by atoms with Crippen molar-refractivity contribution in [1.29, 1.82) is 0 Å². The molecule has 1 saturated heterocycles. The van der Waals surface area contributed by atoms with E-state index in [1.807, 2.05) is 0 Å². The second-order valence-corrected chi connectivity index (χ2v) is 6.22. The average molecular weight is 315 g/mol. The summed E-state index contributed by atoms with van der Waals surface area (Å²) in [6.07, 6.45) is 0. The number of halogens is 2. The van der Waals surface area contributed by atoms with Crippen LogP contribution in [0.5, 0.6) is 0 Å². The van der Waals surface area contributed by atoms with Gasteiger partial charge < -0.3 is 10.2 Å². The van der Waals surface area contributed by atoms with E-state index in [0.717, 1.165) is 23.2 Å². The van der Waals surface area contributed by atoms with Crippen LogP contribution in [0, 0.1) is 11.7 Å². The summed E-state index contributed by atoms with van der Waals surface area (Å²) in [5.41, 5.74) is 0.960. The minimum Gasteiger partial charge on any atom is -0.364 e. The quantitative estimate of drug-likeness (QED) is 0.900. The van der Waals surface area contributed by atoms with Crippen molar-refractivity contribution >= 4 is 21.6 Å². The minimum atomic E-state index is -0.179. The predicted molar refractivity (Wildman–Crippen MR) is 77.5 cm³/mol. The first-order valence-electron chi connectivity index (χ1n) is 6.44. The minimum absolute atomic E-state index is 0.179. The Morgan fingerprint density at radius 3 is 2.83 bits per heavy atom. The van der Waals surface area contributed by atoms with Gasteiger partial charge in [-0.15, -0.1) is 0 Å². The molecule has 2 nitrogen and oxygen atoms in total. The third kappa shape index (κ3) is 2.86. The van der Waals surface area contributed by atoms with E-state index in [2.05, 4.69) is 46.9 Å². The van der Waals surface area contributed by atoms with Gasteiger partial charge in [-0.1, -0.05) is 13.8 Å². The Kier molecular flexibility index (Phi) is 4.28. The number of nitrogens with one attached hydrogen (secondary N) is 1. The maximum atomic E-state index is 13.5. The van der Waals surface area contributed by atoms with Gasteiger partial charge in [-0.3, -0.25) is 0 Å². The van der Waals surface area contributed by atoms with Crippen LogP contribution in [-0.2, 0) is 0 Å². The predicted octanol–water partition coefficient (Wildman–Crippen LogP) is 3.41. The van der Waals surface area contributed by atoms with Crippen molar-refractivity contribution in [3.8, 4) is 0 Å². The Morgan fingerprint density at radius 2 is 2.17 bits per heavy atom. The third-order valence-corrected chi connectivity index (χ3v) is 4.20. The highest BCUT2D eigenvalue weighted by Gasteiger charge is 2.29. The van der Waals surface area contributed by atoms with Gasteiger partial charge in [0.25, 0.3) is 0 Å². The Labute approximate surface area is 117 Å². The van der Waals surface area contributed by atoms with Gasteiger partial charge in [0.2, 0.25) is 0 Å². The number of nitrogens with zero attached hydrogens (tertiary/aromatic N) is 1. The number of hydrogen-bond donors (Lipinski definition) is 1. The van der Waals surface area contributed by atoms with Crippen molar-refractivity contribution < 1.29 is 4.39 Å². The fourth-order valence-electron chi connectivity index (χ4n) is 2.51. The first kappa shape index (κ1) is 13.8. The molecular weight excluding hydrogens is 295 g/mol. The summed E-state index contributed by atoms with van der Waals surface area (Å²) in [5, 5.41) is 3.50. The van der Waals surface area contributed by atoms with Crippen LogP contribution < -0.4 is 10.2 Å². The van der Waals surface area contributed by atoms with E-state index in [9.17, 15) is 4.39 Å². The molecule has 1 aliphatic rings. The molecule has 1 aromatic carbocycles. The van der Waals surface area contributed by atoms with Crippen LogP contribution in [0.2, 0.25) is 0 Å². The molecule has 2 unspecified atom stereocenters. The van der Waals surface area contributed by atoms with Crippen molar-refractivity contribution in [2.45, 2.75) is 32.9 Å². The van der Waals surface area contributed by atoms with Crippen LogP contribution in [0.3, 0.4) is 0 Å². The van der Waals surface area contributed by atoms with Crippen LogP contribution in [0.15, 0.2) is 22.7 Å². The molecule has 18 heavy (non-hydrogen) atoms. The number of piperazine rings is 1. The highest BCUT2D eigenvalue weighted by molar-refractivity contribution is 9.10. The topological polar surface area (TPSA) is 15.3 Å². The Morgan fingerprint density at radius 1 is 1.44 bits per heavy atom. The summed E-state index contributed by atoms with van der Waals surface area (Å²) in [6, 6.07) is 5.73. The largest absolute Gasteiger partial charge is 0.364 e. The molecule has 1 heterocycles. The zero-order valence-electron chi connectivity index (χ0n) is 11.1. The standard InChI is InChI=1S/C14H20BrFN2/c1-9(2)14-7-17-10(3)8-18(14)13-6-11(16)4-5-12(13)15/h4-6,9-10,14,17H,7-8H2,1-3H3. The van der Waals surface area contributed by atoms with Crippen molar-refractivity contribution in [1.82, 2.24) is 5.32 Å². The lowest BCUT2D eigenvalue weighted by atomic mass is 9.98. The van der Waals surface area contributed by atoms with Crippen molar-refractivity contribution in [2.75, 3.05) is 18.0 Å². The maximum Gasteiger partial charge on any atom is 0.125 e. The van der Waals surface area contributed by atoms with Crippen LogP contribution >= 0.6 is 15.9 Å². The molecule has 1 aliphatic heterocycles. The van der Waals surface area contributed by atoms with Crippen molar-refractivity contribution in [3.63, 3.8) is 0 Å². The SMILES string of the molecule is CC1CN(c2cc(F)ccc2Br)C(C(C)C)CN1. The summed E-state index contributed by atoms with van der Waals surface area (Å²) in [7, 11) is 0. The molecule has 0 amide bonds. The lowest BCUT2D eigenvalue weighted by Gasteiger charge is -2.43. The molecule has 4 heteroatoms. The van der Waals surface area contributed by atoms with E-state index in [1.165, 1.54) is 6.07 Å². The number of anilines is 1. The molecule has 1 aromatic rings. The molecule has 0 bridgehead atoms. The maximum absolute atomic E-state index is 13.5. The highest BCUT2D eigenvalue weighted by atomic mass is 79.9. The smallest absolute Gasteiger partial charge is 0.125 e. The second kappa shape index (κ2) is 5.57. The molecule has 2 atom stereocenters. The van der Waals surface area contributed by atoms with Gasteiger partial charge in [-0.05, 0) is 47.0 Å². The molecule has 0 aromatic heterocycles. The van der Waals surface area contributed by atoms with Gasteiger partial charge in [-0.25, -0.2) is 4.39 Å². The van der Waals surface area contributed by atoms with Gasteiger partial charge in [-0.2, -0.15) is 0 Å². The summed E-state index contributed by atoms with van der Waals surface area (Å²) in [5.74, 6) is 0.349. The van der Waals surface area contributed by atoms with Gasteiger partial charge in [0, 0.05) is 29.6 Å².